The van der Waals surface area contributed by atoms with Gasteiger partial charge in [0.05, 0.1) is 23.0 Å². The van der Waals surface area contributed by atoms with E-state index in [4.69, 9.17) is 5.21 Å². The molecule has 0 fully saturated rings. The molecule has 3 aromatic rings. The number of nitrogens with one attached hydrogen (secondary N) is 1. The molecular weight excluding hydrogens is 309 g/mol. The Bertz CT molecular complexity index is 974. The van der Waals surface area contributed by atoms with Crippen molar-refractivity contribution < 1.29 is 14.4 Å². The Labute approximate surface area is 137 Å². The minimum Gasteiger partial charge on any atom is -0.411 e. The van der Waals surface area contributed by atoms with Crippen molar-refractivity contribution >= 4 is 23.0 Å². The van der Waals surface area contributed by atoms with Crippen molar-refractivity contribution in [2.45, 2.75) is 6.54 Å². The Kier molecular flexibility index (Phi) is 3.30. The monoisotopic (exact) mass is 323 g/mol. The van der Waals surface area contributed by atoms with Gasteiger partial charge in [0.15, 0.2) is 0 Å². The SMILES string of the molecule is O=C1NCCn2c(-c3ccc(F)cc3)c(/C=N/O)c3cccc1c32. The fraction of sp³-hybridized carbons (Fsp3) is 0.111. The van der Waals surface area contributed by atoms with Crippen molar-refractivity contribution in [2.24, 2.45) is 5.16 Å². The summed E-state index contributed by atoms with van der Waals surface area (Å²) in [6.07, 6.45) is 1.36. The van der Waals surface area contributed by atoms with Gasteiger partial charge in [-0.2, -0.15) is 0 Å². The number of rotatable bonds is 2. The summed E-state index contributed by atoms with van der Waals surface area (Å²) >= 11 is 0. The quantitative estimate of drug-likeness (QED) is 0.432. The summed E-state index contributed by atoms with van der Waals surface area (Å²) in [5, 5.41) is 16.0. The molecule has 2 heterocycles. The molecule has 2 N–H and O–H groups in total. The fourth-order valence-electron chi connectivity index (χ4n) is 3.33. The smallest absolute Gasteiger partial charge is 0.253 e. The molecule has 0 bridgehead atoms. The first-order valence-electron chi connectivity index (χ1n) is 7.57. The third-order valence-corrected chi connectivity index (χ3v) is 4.29. The molecule has 0 saturated carbocycles. The Morgan fingerprint density at radius 3 is 2.75 bits per heavy atom. The molecule has 0 aliphatic carbocycles. The van der Waals surface area contributed by atoms with Crippen molar-refractivity contribution in [3.05, 3.63) is 59.4 Å². The predicted molar refractivity (Wildman–Crippen MR) is 89.0 cm³/mol. The number of benzene rings is 2. The molecule has 1 amide bonds. The largest absolute Gasteiger partial charge is 0.411 e. The lowest BCUT2D eigenvalue weighted by Crippen LogP contribution is -2.24. The maximum Gasteiger partial charge on any atom is 0.253 e. The van der Waals surface area contributed by atoms with Gasteiger partial charge in [-0.15, -0.1) is 0 Å². The summed E-state index contributed by atoms with van der Waals surface area (Å²) in [5.41, 5.74) is 3.66. The topological polar surface area (TPSA) is 66.6 Å². The lowest BCUT2D eigenvalue weighted by Gasteiger charge is -2.10. The van der Waals surface area contributed by atoms with Crippen molar-refractivity contribution in [2.75, 3.05) is 6.54 Å². The summed E-state index contributed by atoms with van der Waals surface area (Å²) < 4.78 is 15.3. The molecule has 0 atom stereocenters. The van der Waals surface area contributed by atoms with E-state index in [9.17, 15) is 9.18 Å². The molecule has 5 nitrogen and oxygen atoms in total. The van der Waals surface area contributed by atoms with Crippen LogP contribution in [0.1, 0.15) is 15.9 Å². The summed E-state index contributed by atoms with van der Waals surface area (Å²) in [7, 11) is 0. The second kappa shape index (κ2) is 5.49. The Hall–Kier alpha value is -3.15. The van der Waals surface area contributed by atoms with E-state index < -0.39 is 0 Å². The number of carbonyl (C=O) groups excluding carboxylic acids is 1. The number of amides is 1. The minimum absolute atomic E-state index is 0.130. The van der Waals surface area contributed by atoms with Gasteiger partial charge in [-0.25, -0.2) is 4.39 Å². The first-order chi connectivity index (χ1) is 11.7. The Balaban J connectivity index is 2.13. The fourth-order valence-corrected chi connectivity index (χ4v) is 3.33. The molecule has 24 heavy (non-hydrogen) atoms. The first-order valence-corrected chi connectivity index (χ1v) is 7.57. The second-order valence-electron chi connectivity index (χ2n) is 5.62. The summed E-state index contributed by atoms with van der Waals surface area (Å²) in [6.45, 7) is 1.06. The Morgan fingerprint density at radius 2 is 2.00 bits per heavy atom. The molecule has 1 aromatic heterocycles. The zero-order chi connectivity index (χ0) is 16.7. The third kappa shape index (κ3) is 2.07. The van der Waals surface area contributed by atoms with Gasteiger partial charge in [0.25, 0.3) is 5.91 Å². The first kappa shape index (κ1) is 14.4. The van der Waals surface area contributed by atoms with Crippen LogP contribution in [0.4, 0.5) is 4.39 Å². The van der Waals surface area contributed by atoms with Crippen LogP contribution in [0, 0.1) is 5.82 Å². The van der Waals surface area contributed by atoms with Crippen LogP contribution in [-0.2, 0) is 6.54 Å². The maximum absolute atomic E-state index is 13.3. The highest BCUT2D eigenvalue weighted by Gasteiger charge is 2.24. The highest BCUT2D eigenvalue weighted by atomic mass is 19.1. The van der Waals surface area contributed by atoms with Gasteiger partial charge >= 0.3 is 0 Å². The van der Waals surface area contributed by atoms with E-state index in [2.05, 4.69) is 10.5 Å². The molecular formula is C18H14FN3O2. The van der Waals surface area contributed by atoms with Crippen molar-refractivity contribution in [3.63, 3.8) is 0 Å². The molecule has 0 unspecified atom stereocenters. The van der Waals surface area contributed by atoms with Gasteiger partial charge < -0.3 is 15.1 Å². The summed E-state index contributed by atoms with van der Waals surface area (Å²) in [4.78, 5) is 12.3. The van der Waals surface area contributed by atoms with Crippen LogP contribution >= 0.6 is 0 Å². The normalized spacial score (nSPS) is 14.1. The molecule has 1 aliphatic rings. The highest BCUT2D eigenvalue weighted by molar-refractivity contribution is 6.14. The van der Waals surface area contributed by atoms with Gasteiger partial charge in [0, 0.05) is 24.0 Å². The summed E-state index contributed by atoms with van der Waals surface area (Å²) in [6, 6.07) is 11.6. The number of aromatic nitrogens is 1. The zero-order valence-corrected chi connectivity index (χ0v) is 12.7. The van der Waals surface area contributed by atoms with Crippen molar-refractivity contribution in [1.82, 2.24) is 9.88 Å². The molecule has 0 radical (unpaired) electrons. The van der Waals surface area contributed by atoms with Crippen LogP contribution in [-0.4, -0.2) is 28.4 Å². The van der Waals surface area contributed by atoms with Gasteiger partial charge in [-0.3, -0.25) is 4.79 Å². The van der Waals surface area contributed by atoms with Crippen molar-refractivity contribution in [3.8, 4) is 11.3 Å². The van der Waals surface area contributed by atoms with Gasteiger partial charge in [0.1, 0.15) is 5.82 Å². The minimum atomic E-state index is -0.319. The number of hydrogen-bond acceptors (Lipinski definition) is 3. The molecule has 1 aliphatic heterocycles. The Morgan fingerprint density at radius 1 is 1.21 bits per heavy atom. The molecule has 0 saturated heterocycles. The van der Waals surface area contributed by atoms with Crippen LogP contribution in [0.3, 0.4) is 0 Å². The third-order valence-electron chi connectivity index (χ3n) is 4.29. The van der Waals surface area contributed by atoms with E-state index in [1.165, 1.54) is 18.3 Å². The van der Waals surface area contributed by atoms with E-state index in [0.29, 0.717) is 24.2 Å². The zero-order valence-electron chi connectivity index (χ0n) is 12.7. The lowest BCUT2D eigenvalue weighted by molar-refractivity contribution is 0.0956. The van der Waals surface area contributed by atoms with Crippen LogP contribution in [0.5, 0.6) is 0 Å². The number of para-hydroxylation sites is 1. The average molecular weight is 323 g/mol. The van der Waals surface area contributed by atoms with Crippen LogP contribution < -0.4 is 5.32 Å². The van der Waals surface area contributed by atoms with Crippen LogP contribution in [0.2, 0.25) is 0 Å². The van der Waals surface area contributed by atoms with Crippen molar-refractivity contribution in [1.29, 1.82) is 0 Å². The van der Waals surface area contributed by atoms with E-state index in [-0.39, 0.29) is 11.7 Å². The molecule has 4 rings (SSSR count). The van der Waals surface area contributed by atoms with Gasteiger partial charge in [-0.05, 0) is 35.9 Å². The van der Waals surface area contributed by atoms with Crippen LogP contribution in [0.15, 0.2) is 47.6 Å². The number of halogens is 1. The van der Waals surface area contributed by atoms with E-state index in [1.54, 1.807) is 24.3 Å². The molecule has 2 aromatic carbocycles. The summed E-state index contributed by atoms with van der Waals surface area (Å²) in [5.74, 6) is -0.448. The number of hydrogen-bond donors (Lipinski definition) is 2. The molecule has 120 valence electrons. The number of oxime groups is 1. The molecule has 0 spiro atoms. The van der Waals surface area contributed by atoms with Gasteiger partial charge in [0.2, 0.25) is 0 Å². The van der Waals surface area contributed by atoms with Gasteiger partial charge in [-0.1, -0.05) is 17.3 Å². The maximum atomic E-state index is 13.3. The average Bonchev–Trinajstić information content (AvgIpc) is 2.79. The second-order valence-corrected chi connectivity index (χ2v) is 5.62. The van der Waals surface area contributed by atoms with E-state index >= 15 is 0 Å². The number of carbonyl (C=O) groups is 1. The van der Waals surface area contributed by atoms with E-state index in [0.717, 1.165) is 22.2 Å². The molecule has 6 heteroatoms. The predicted octanol–water partition coefficient (Wildman–Crippen LogP) is 3.00. The number of nitrogens with zero attached hydrogens (tertiary/aromatic N) is 2. The van der Waals surface area contributed by atoms with E-state index in [1.807, 2.05) is 10.6 Å². The highest BCUT2D eigenvalue weighted by Crippen LogP contribution is 2.35. The van der Waals surface area contributed by atoms with Crippen LogP contribution in [0.25, 0.3) is 22.2 Å². The lowest BCUT2D eigenvalue weighted by atomic mass is 10.0. The standard InChI is InChI=1S/C18H14FN3O2/c19-12-6-4-11(5-7-12)16-15(10-21-24)13-2-1-3-14-17(13)22(16)9-8-20-18(14)23/h1-7,10,24H,8-9H2,(H,20,23)/b21-10+.